The smallest absolute Gasteiger partial charge is 0.327 e. The Morgan fingerprint density at radius 1 is 0.906 bits per heavy atom. The number of hydrogen-bond donors (Lipinski definition) is 8. The monoisotopic (exact) mass is 477 g/mol. The molecule has 0 aromatic carbocycles. The third-order valence-electron chi connectivity index (χ3n) is 4.68. The third-order valence-corrected chi connectivity index (χ3v) is 5.05. The molecule has 32 heavy (non-hydrogen) atoms. The number of carboxylic acid groups (broad SMARTS) is 2. The van der Waals surface area contributed by atoms with E-state index >= 15 is 0 Å². The van der Waals surface area contributed by atoms with Crippen LogP contribution in [0.15, 0.2) is 0 Å². The number of carbonyl (C=O) groups excluding carboxylic acids is 4. The Bertz CT molecular complexity index is 719. The number of aliphatic carboxylic acids is 2. The molecule has 0 aromatic heterocycles. The van der Waals surface area contributed by atoms with Crippen molar-refractivity contribution in [3.8, 4) is 0 Å². The zero-order valence-electron chi connectivity index (χ0n) is 17.9. The van der Waals surface area contributed by atoms with Crippen molar-refractivity contribution in [3.63, 3.8) is 0 Å². The average Bonchev–Trinajstić information content (AvgIpc) is 2.71. The van der Waals surface area contributed by atoms with Gasteiger partial charge in [-0.25, -0.2) is 4.79 Å². The van der Waals surface area contributed by atoms with Crippen LogP contribution in [0, 0.1) is 5.92 Å². The first-order valence-corrected chi connectivity index (χ1v) is 10.5. The summed E-state index contributed by atoms with van der Waals surface area (Å²) in [7, 11) is 0. The van der Waals surface area contributed by atoms with Gasteiger partial charge in [0, 0.05) is 12.2 Å². The van der Waals surface area contributed by atoms with Gasteiger partial charge in [-0.1, -0.05) is 20.3 Å². The van der Waals surface area contributed by atoms with Crippen LogP contribution in [-0.4, -0.2) is 75.7 Å². The fourth-order valence-corrected chi connectivity index (χ4v) is 2.70. The molecule has 0 fully saturated rings. The second-order valence-corrected chi connectivity index (χ2v) is 7.58. The molecule has 0 spiro atoms. The van der Waals surface area contributed by atoms with Crippen molar-refractivity contribution in [2.45, 2.75) is 63.7 Å². The molecular formula is C18H31N5O8S. The minimum Gasteiger partial charge on any atom is -0.481 e. The van der Waals surface area contributed by atoms with Crippen LogP contribution in [0.3, 0.4) is 0 Å². The van der Waals surface area contributed by atoms with Crippen LogP contribution >= 0.6 is 12.6 Å². The minimum absolute atomic E-state index is 0.244. The molecule has 182 valence electrons. The van der Waals surface area contributed by atoms with Gasteiger partial charge in [-0.05, 0) is 12.3 Å². The highest BCUT2D eigenvalue weighted by Crippen LogP contribution is 2.07. The summed E-state index contributed by atoms with van der Waals surface area (Å²) in [5, 5.41) is 24.8. The summed E-state index contributed by atoms with van der Waals surface area (Å²) in [6.07, 6.45) is -0.850. The van der Waals surface area contributed by atoms with Crippen molar-refractivity contribution in [3.05, 3.63) is 0 Å². The normalized spacial score (nSPS) is 15.4. The van der Waals surface area contributed by atoms with Crippen LogP contribution in [0.2, 0.25) is 0 Å². The standard InChI is InChI=1S/C18H31N5O8S/c1-3-8(2)14(20)17(29)22-10(6-13(25)26)16(28)21-9(4-5-12(19)24)15(27)23-11(7-32)18(30)31/h8-11,14,32H,3-7,20H2,1-2H3,(H2,19,24)(H,21,28)(H,22,29)(H,23,27)(H,25,26)(H,30,31). The van der Waals surface area contributed by atoms with Crippen LogP contribution in [0.1, 0.15) is 39.5 Å². The van der Waals surface area contributed by atoms with Crippen LogP contribution in [-0.2, 0) is 28.8 Å². The van der Waals surface area contributed by atoms with E-state index in [2.05, 4.69) is 28.6 Å². The molecule has 0 heterocycles. The van der Waals surface area contributed by atoms with Crippen LogP contribution < -0.4 is 27.4 Å². The fourth-order valence-electron chi connectivity index (χ4n) is 2.45. The van der Waals surface area contributed by atoms with Gasteiger partial charge in [0.2, 0.25) is 23.6 Å². The predicted octanol–water partition coefficient (Wildman–Crippen LogP) is -2.43. The molecule has 0 rings (SSSR count). The van der Waals surface area contributed by atoms with Crippen LogP contribution in [0.5, 0.6) is 0 Å². The van der Waals surface area contributed by atoms with Gasteiger partial charge >= 0.3 is 11.9 Å². The summed E-state index contributed by atoms with van der Waals surface area (Å²) in [6, 6.07) is -5.36. The summed E-state index contributed by atoms with van der Waals surface area (Å²) in [4.78, 5) is 70.9. The van der Waals surface area contributed by atoms with Gasteiger partial charge in [0.1, 0.15) is 18.1 Å². The first-order valence-electron chi connectivity index (χ1n) is 9.84. The second kappa shape index (κ2) is 14.2. The first-order chi connectivity index (χ1) is 14.8. The Labute approximate surface area is 190 Å². The van der Waals surface area contributed by atoms with E-state index < -0.39 is 66.2 Å². The third kappa shape index (κ3) is 10.4. The number of carboxylic acids is 2. The maximum absolute atomic E-state index is 12.7. The molecule has 0 bridgehead atoms. The SMILES string of the molecule is CCC(C)C(N)C(=O)NC(CC(=O)O)C(=O)NC(CCC(N)=O)C(=O)NC(CS)C(=O)O. The van der Waals surface area contributed by atoms with Gasteiger partial charge in [0.25, 0.3) is 0 Å². The van der Waals surface area contributed by atoms with E-state index in [9.17, 15) is 28.8 Å². The fraction of sp³-hybridized carbons (Fsp3) is 0.667. The number of amides is 4. The molecule has 0 aliphatic carbocycles. The zero-order chi connectivity index (χ0) is 25.0. The second-order valence-electron chi connectivity index (χ2n) is 7.22. The van der Waals surface area contributed by atoms with Crippen molar-refractivity contribution in [2.75, 3.05) is 5.75 Å². The van der Waals surface area contributed by atoms with Crippen molar-refractivity contribution >= 4 is 48.2 Å². The van der Waals surface area contributed by atoms with E-state index in [1.807, 2.05) is 0 Å². The molecule has 14 heteroatoms. The molecule has 0 aromatic rings. The lowest BCUT2D eigenvalue weighted by atomic mass is 9.99. The van der Waals surface area contributed by atoms with E-state index in [-0.39, 0.29) is 24.5 Å². The molecule has 9 N–H and O–H groups in total. The quantitative estimate of drug-likeness (QED) is 0.117. The molecule has 0 saturated heterocycles. The lowest BCUT2D eigenvalue weighted by Gasteiger charge is -2.25. The number of rotatable bonds is 15. The van der Waals surface area contributed by atoms with Crippen LogP contribution in [0.4, 0.5) is 0 Å². The Balaban J connectivity index is 5.54. The zero-order valence-corrected chi connectivity index (χ0v) is 18.8. The molecule has 0 aliphatic heterocycles. The van der Waals surface area contributed by atoms with E-state index in [1.165, 1.54) is 0 Å². The number of thiol groups is 1. The summed E-state index contributed by atoms with van der Waals surface area (Å²) in [5.74, 6) is -6.77. The molecule has 0 aliphatic rings. The summed E-state index contributed by atoms with van der Waals surface area (Å²) < 4.78 is 0. The highest BCUT2D eigenvalue weighted by atomic mass is 32.1. The first kappa shape index (κ1) is 29.1. The molecule has 5 atom stereocenters. The maximum Gasteiger partial charge on any atom is 0.327 e. The summed E-state index contributed by atoms with van der Waals surface area (Å²) >= 11 is 3.82. The molecule has 0 radical (unpaired) electrons. The molecule has 5 unspecified atom stereocenters. The predicted molar refractivity (Wildman–Crippen MR) is 115 cm³/mol. The van der Waals surface area contributed by atoms with Gasteiger partial charge in [-0.3, -0.25) is 24.0 Å². The summed E-state index contributed by atoms with van der Waals surface area (Å²) in [6.45, 7) is 3.51. The highest BCUT2D eigenvalue weighted by Gasteiger charge is 2.32. The Kier molecular flexibility index (Phi) is 13.0. The number of carbonyl (C=O) groups is 6. The maximum atomic E-state index is 12.7. The van der Waals surface area contributed by atoms with Gasteiger partial charge in [-0.2, -0.15) is 12.6 Å². The van der Waals surface area contributed by atoms with E-state index in [0.29, 0.717) is 6.42 Å². The molecule has 4 amide bonds. The van der Waals surface area contributed by atoms with Gasteiger partial charge in [-0.15, -0.1) is 0 Å². The number of primary amides is 1. The molecule has 0 saturated carbocycles. The molecular weight excluding hydrogens is 446 g/mol. The topological polar surface area (TPSA) is 231 Å². The lowest BCUT2D eigenvalue weighted by molar-refractivity contribution is -0.143. The largest absolute Gasteiger partial charge is 0.481 e. The van der Waals surface area contributed by atoms with Crippen molar-refractivity contribution in [1.82, 2.24) is 16.0 Å². The van der Waals surface area contributed by atoms with Crippen molar-refractivity contribution in [1.29, 1.82) is 0 Å². The number of nitrogens with two attached hydrogens (primary N) is 2. The number of nitrogens with one attached hydrogen (secondary N) is 3. The highest BCUT2D eigenvalue weighted by molar-refractivity contribution is 7.80. The Morgan fingerprint density at radius 3 is 1.84 bits per heavy atom. The van der Waals surface area contributed by atoms with Crippen molar-refractivity contribution < 1.29 is 39.0 Å². The number of hydrogen-bond acceptors (Lipinski definition) is 8. The van der Waals surface area contributed by atoms with Gasteiger partial charge < -0.3 is 37.6 Å². The van der Waals surface area contributed by atoms with Gasteiger partial charge in [0.15, 0.2) is 0 Å². The average molecular weight is 478 g/mol. The van der Waals surface area contributed by atoms with Crippen LogP contribution in [0.25, 0.3) is 0 Å². The lowest BCUT2D eigenvalue weighted by Crippen LogP contribution is -2.58. The van der Waals surface area contributed by atoms with E-state index in [0.717, 1.165) is 0 Å². The Hall–Kier alpha value is -2.87. The van der Waals surface area contributed by atoms with E-state index in [4.69, 9.17) is 21.7 Å². The molecule has 13 nitrogen and oxygen atoms in total. The van der Waals surface area contributed by atoms with E-state index in [1.54, 1.807) is 13.8 Å². The van der Waals surface area contributed by atoms with Gasteiger partial charge in [0.05, 0.1) is 12.5 Å². The Morgan fingerprint density at radius 2 is 1.41 bits per heavy atom. The minimum atomic E-state index is -1.57. The summed E-state index contributed by atoms with van der Waals surface area (Å²) in [5.41, 5.74) is 10.9. The van der Waals surface area contributed by atoms with Crippen molar-refractivity contribution in [2.24, 2.45) is 17.4 Å².